The lowest BCUT2D eigenvalue weighted by molar-refractivity contribution is -0.135. The van der Waals surface area contributed by atoms with Gasteiger partial charge in [0.25, 0.3) is 0 Å². The van der Waals surface area contributed by atoms with E-state index in [1.807, 2.05) is 19.1 Å². The van der Waals surface area contributed by atoms with Crippen molar-refractivity contribution >= 4 is 12.0 Å². The van der Waals surface area contributed by atoms with Gasteiger partial charge in [-0.25, -0.2) is 4.79 Å². The van der Waals surface area contributed by atoms with Crippen LogP contribution >= 0.6 is 0 Å². The first-order chi connectivity index (χ1) is 8.13. The minimum Gasteiger partial charge on any atom is -0.480 e. The number of urea groups is 1. The number of pyridine rings is 1. The van der Waals surface area contributed by atoms with Gasteiger partial charge in [0.15, 0.2) is 0 Å². The van der Waals surface area contributed by atoms with E-state index in [0.717, 1.165) is 17.7 Å². The summed E-state index contributed by atoms with van der Waals surface area (Å²) in [5.74, 6) is -1.08. The summed E-state index contributed by atoms with van der Waals surface area (Å²) in [5.41, 5.74) is 1.85. The van der Waals surface area contributed by atoms with Gasteiger partial charge in [-0.3, -0.25) is 9.78 Å². The highest BCUT2D eigenvalue weighted by Gasteiger charge is 2.05. The second kappa shape index (κ2) is 6.47. The van der Waals surface area contributed by atoms with Gasteiger partial charge in [-0.05, 0) is 18.1 Å². The molecule has 0 saturated carbocycles. The van der Waals surface area contributed by atoms with E-state index in [1.54, 1.807) is 6.20 Å². The third-order valence-electron chi connectivity index (χ3n) is 2.18. The smallest absolute Gasteiger partial charge is 0.323 e. The van der Waals surface area contributed by atoms with E-state index < -0.39 is 18.5 Å². The Kier molecular flexibility index (Phi) is 4.93. The number of hydrogen-bond donors (Lipinski definition) is 3. The first-order valence-electron chi connectivity index (χ1n) is 5.29. The van der Waals surface area contributed by atoms with Crippen molar-refractivity contribution in [3.63, 3.8) is 0 Å². The fourth-order valence-corrected chi connectivity index (χ4v) is 1.33. The topological polar surface area (TPSA) is 91.3 Å². The molecule has 1 heterocycles. The summed E-state index contributed by atoms with van der Waals surface area (Å²) in [6, 6.07) is 3.27. The van der Waals surface area contributed by atoms with Gasteiger partial charge in [0.2, 0.25) is 0 Å². The number of aromatic nitrogens is 1. The molecular weight excluding hydrogens is 222 g/mol. The van der Waals surface area contributed by atoms with E-state index in [-0.39, 0.29) is 6.54 Å². The first-order valence-corrected chi connectivity index (χ1v) is 5.29. The van der Waals surface area contributed by atoms with Crippen LogP contribution in [0.2, 0.25) is 0 Å². The number of carbonyl (C=O) groups is 2. The van der Waals surface area contributed by atoms with Crippen LogP contribution < -0.4 is 10.6 Å². The summed E-state index contributed by atoms with van der Waals surface area (Å²) in [6.45, 7) is 1.90. The fraction of sp³-hybridized carbons (Fsp3) is 0.364. The van der Waals surface area contributed by atoms with Crippen molar-refractivity contribution in [1.82, 2.24) is 15.6 Å². The maximum Gasteiger partial charge on any atom is 0.323 e. The molecule has 2 amide bonds. The van der Waals surface area contributed by atoms with Gasteiger partial charge in [0.1, 0.15) is 6.54 Å². The average molecular weight is 237 g/mol. The average Bonchev–Trinajstić information content (AvgIpc) is 2.34. The maximum absolute atomic E-state index is 11.2. The van der Waals surface area contributed by atoms with Gasteiger partial charge >= 0.3 is 12.0 Å². The van der Waals surface area contributed by atoms with Crippen LogP contribution in [-0.4, -0.2) is 28.6 Å². The molecule has 92 valence electrons. The zero-order valence-electron chi connectivity index (χ0n) is 9.56. The van der Waals surface area contributed by atoms with E-state index in [2.05, 4.69) is 15.6 Å². The summed E-state index contributed by atoms with van der Waals surface area (Å²) in [7, 11) is 0. The Hall–Kier alpha value is -2.11. The Morgan fingerprint density at radius 1 is 1.41 bits per heavy atom. The number of carboxylic acids is 1. The molecule has 0 aromatic carbocycles. The zero-order chi connectivity index (χ0) is 12.7. The summed E-state index contributed by atoms with van der Waals surface area (Å²) in [5, 5.41) is 13.1. The molecule has 1 aromatic rings. The highest BCUT2D eigenvalue weighted by molar-refractivity contribution is 5.79. The molecule has 6 heteroatoms. The van der Waals surface area contributed by atoms with E-state index in [1.165, 1.54) is 0 Å². The number of aryl methyl sites for hydroxylation is 1. The summed E-state index contributed by atoms with van der Waals surface area (Å²) >= 11 is 0. The predicted molar refractivity (Wildman–Crippen MR) is 61.5 cm³/mol. The molecule has 1 rings (SSSR count). The molecule has 0 aliphatic rings. The quantitative estimate of drug-likeness (QED) is 0.696. The lowest BCUT2D eigenvalue weighted by atomic mass is 10.1. The molecule has 17 heavy (non-hydrogen) atoms. The number of nitrogens with zero attached hydrogens (tertiary/aromatic N) is 1. The largest absolute Gasteiger partial charge is 0.480 e. The molecular formula is C11H15N3O3. The Morgan fingerprint density at radius 2 is 2.18 bits per heavy atom. The van der Waals surface area contributed by atoms with Gasteiger partial charge in [-0.2, -0.15) is 0 Å². The summed E-state index contributed by atoms with van der Waals surface area (Å²) < 4.78 is 0. The molecule has 6 nitrogen and oxygen atoms in total. The van der Waals surface area contributed by atoms with Gasteiger partial charge in [-0.1, -0.05) is 13.0 Å². The standard InChI is InChI=1S/C11H15N3O3/c1-2-8-4-3-5-12-9(8)6-13-11(17)14-7-10(15)16/h3-5H,2,6-7H2,1H3,(H,15,16)(H2,13,14,17). The van der Waals surface area contributed by atoms with Gasteiger partial charge in [0.05, 0.1) is 12.2 Å². The minimum atomic E-state index is -1.08. The third-order valence-corrected chi connectivity index (χ3v) is 2.18. The Bertz CT molecular complexity index is 407. The zero-order valence-corrected chi connectivity index (χ0v) is 9.56. The molecule has 0 atom stereocenters. The van der Waals surface area contributed by atoms with E-state index in [0.29, 0.717) is 0 Å². The van der Waals surface area contributed by atoms with E-state index in [4.69, 9.17) is 5.11 Å². The molecule has 0 bridgehead atoms. The highest BCUT2D eigenvalue weighted by Crippen LogP contribution is 2.05. The van der Waals surface area contributed by atoms with Gasteiger partial charge in [-0.15, -0.1) is 0 Å². The maximum atomic E-state index is 11.2. The number of carboxylic acid groups (broad SMARTS) is 1. The van der Waals surface area contributed by atoms with Crippen molar-refractivity contribution in [2.45, 2.75) is 19.9 Å². The number of amides is 2. The molecule has 0 aliphatic heterocycles. The van der Waals surface area contributed by atoms with Crippen molar-refractivity contribution < 1.29 is 14.7 Å². The highest BCUT2D eigenvalue weighted by atomic mass is 16.4. The molecule has 3 N–H and O–H groups in total. The van der Waals surface area contributed by atoms with Crippen LogP contribution in [0.15, 0.2) is 18.3 Å². The predicted octanol–water partition coefficient (Wildman–Crippen LogP) is 0.528. The lowest BCUT2D eigenvalue weighted by Gasteiger charge is -2.08. The van der Waals surface area contributed by atoms with E-state index in [9.17, 15) is 9.59 Å². The number of carbonyl (C=O) groups excluding carboxylic acids is 1. The Balaban J connectivity index is 2.44. The van der Waals surface area contributed by atoms with Crippen LogP contribution in [0.3, 0.4) is 0 Å². The lowest BCUT2D eigenvalue weighted by Crippen LogP contribution is -2.38. The Labute approximate surface area is 99.1 Å². The molecule has 0 saturated heterocycles. The van der Waals surface area contributed by atoms with Crippen molar-refractivity contribution in [3.05, 3.63) is 29.6 Å². The SMILES string of the molecule is CCc1cccnc1CNC(=O)NCC(=O)O. The van der Waals surface area contributed by atoms with Crippen LogP contribution in [0, 0.1) is 0 Å². The first kappa shape index (κ1) is 13.0. The van der Waals surface area contributed by atoms with Crippen LogP contribution in [0.4, 0.5) is 4.79 Å². The third kappa shape index (κ3) is 4.50. The van der Waals surface area contributed by atoms with Crippen molar-refractivity contribution in [2.24, 2.45) is 0 Å². The molecule has 0 unspecified atom stereocenters. The molecule has 0 fully saturated rings. The van der Waals surface area contributed by atoms with Crippen LogP contribution in [0.5, 0.6) is 0 Å². The molecule has 0 aliphatic carbocycles. The number of rotatable bonds is 5. The second-order valence-electron chi connectivity index (χ2n) is 3.39. The van der Waals surface area contributed by atoms with E-state index >= 15 is 0 Å². The molecule has 1 aromatic heterocycles. The normalized spacial score (nSPS) is 9.71. The number of nitrogens with one attached hydrogen (secondary N) is 2. The van der Waals surface area contributed by atoms with Crippen molar-refractivity contribution in [3.8, 4) is 0 Å². The van der Waals surface area contributed by atoms with Crippen molar-refractivity contribution in [2.75, 3.05) is 6.54 Å². The monoisotopic (exact) mass is 237 g/mol. The van der Waals surface area contributed by atoms with Crippen LogP contribution in [0.25, 0.3) is 0 Å². The van der Waals surface area contributed by atoms with Gasteiger partial charge in [0, 0.05) is 6.20 Å². The number of aliphatic carboxylic acids is 1. The van der Waals surface area contributed by atoms with Gasteiger partial charge < -0.3 is 15.7 Å². The number of hydrogen-bond acceptors (Lipinski definition) is 3. The van der Waals surface area contributed by atoms with Crippen LogP contribution in [-0.2, 0) is 17.8 Å². The molecule has 0 radical (unpaired) electrons. The molecule has 0 spiro atoms. The fourth-order valence-electron chi connectivity index (χ4n) is 1.33. The van der Waals surface area contributed by atoms with Crippen molar-refractivity contribution in [1.29, 1.82) is 0 Å². The summed E-state index contributed by atoms with van der Waals surface area (Å²) in [6.07, 6.45) is 2.49. The second-order valence-corrected chi connectivity index (χ2v) is 3.39. The minimum absolute atomic E-state index is 0.287. The van der Waals surface area contributed by atoms with Crippen LogP contribution in [0.1, 0.15) is 18.2 Å². The Morgan fingerprint density at radius 3 is 2.82 bits per heavy atom. The summed E-state index contributed by atoms with van der Waals surface area (Å²) in [4.78, 5) is 25.6.